The van der Waals surface area contributed by atoms with Gasteiger partial charge in [0.25, 0.3) is 0 Å². The Bertz CT molecular complexity index is 967. The lowest BCUT2D eigenvalue weighted by molar-refractivity contribution is 0.848. The van der Waals surface area contributed by atoms with Crippen molar-refractivity contribution in [2.45, 2.75) is 13.8 Å². The lowest BCUT2D eigenvalue weighted by atomic mass is 10.1. The molecule has 0 aliphatic rings. The van der Waals surface area contributed by atoms with Crippen LogP contribution in [0.4, 0.5) is 0 Å². The first-order chi connectivity index (χ1) is 11.6. The molecule has 0 amide bonds. The van der Waals surface area contributed by atoms with Crippen molar-refractivity contribution in [1.82, 2.24) is 4.68 Å². The predicted molar refractivity (Wildman–Crippen MR) is 106 cm³/mol. The lowest BCUT2D eigenvalue weighted by Crippen LogP contribution is -2.11. The Balaban J connectivity index is 2.07. The van der Waals surface area contributed by atoms with Crippen LogP contribution in [0.3, 0.4) is 0 Å². The molecule has 0 fully saturated rings. The summed E-state index contributed by atoms with van der Waals surface area (Å²) in [5, 5.41) is 6.78. The van der Waals surface area contributed by atoms with Gasteiger partial charge < -0.3 is 0 Å². The number of thiazole rings is 1. The van der Waals surface area contributed by atoms with Crippen LogP contribution in [0.1, 0.15) is 16.7 Å². The number of hydrogen-bond acceptors (Lipinski definition) is 3. The number of halogens is 1. The summed E-state index contributed by atoms with van der Waals surface area (Å²) in [7, 11) is 1.79. The van der Waals surface area contributed by atoms with Gasteiger partial charge in [0.2, 0.25) is 4.80 Å². The molecule has 1 aromatic heterocycles. The van der Waals surface area contributed by atoms with Gasteiger partial charge in [-0.15, -0.1) is 11.3 Å². The van der Waals surface area contributed by atoms with Gasteiger partial charge in [0, 0.05) is 22.5 Å². The maximum atomic E-state index is 4.70. The maximum Gasteiger partial charge on any atom is 0.205 e. The minimum atomic E-state index is 0.867. The fraction of sp³-hybridized carbons (Fsp3) is 0.158. The van der Waals surface area contributed by atoms with Crippen LogP contribution >= 0.6 is 27.3 Å². The maximum absolute atomic E-state index is 4.70. The van der Waals surface area contributed by atoms with Gasteiger partial charge in [0.1, 0.15) is 0 Å². The molecule has 0 bridgehead atoms. The number of nitrogens with zero attached hydrogens (tertiary/aromatic N) is 3. The van der Waals surface area contributed by atoms with E-state index in [1.165, 1.54) is 11.1 Å². The van der Waals surface area contributed by atoms with E-state index in [4.69, 9.17) is 5.10 Å². The van der Waals surface area contributed by atoms with E-state index in [1.807, 2.05) is 23.0 Å². The average molecular weight is 400 g/mol. The smallest absolute Gasteiger partial charge is 0.205 e. The molecule has 24 heavy (non-hydrogen) atoms. The molecule has 3 rings (SSSR count). The molecule has 0 N–H and O–H groups in total. The molecule has 0 unspecified atom stereocenters. The fourth-order valence-corrected chi connectivity index (χ4v) is 3.70. The van der Waals surface area contributed by atoms with Crippen molar-refractivity contribution in [3.8, 4) is 11.3 Å². The van der Waals surface area contributed by atoms with Gasteiger partial charge in [-0.2, -0.15) is 5.10 Å². The molecule has 0 aliphatic carbocycles. The molecule has 122 valence electrons. The SMILES string of the molecule is CN=c1scc(-c2cccc(Br)c2)n1/N=C\c1ccc(C)cc1C. The lowest BCUT2D eigenvalue weighted by Gasteiger charge is -2.05. The van der Waals surface area contributed by atoms with Gasteiger partial charge >= 0.3 is 0 Å². The minimum Gasteiger partial charge on any atom is -0.261 e. The van der Waals surface area contributed by atoms with Gasteiger partial charge in [-0.25, -0.2) is 4.68 Å². The average Bonchev–Trinajstić information content (AvgIpc) is 2.97. The van der Waals surface area contributed by atoms with E-state index in [0.29, 0.717) is 0 Å². The van der Waals surface area contributed by atoms with E-state index in [9.17, 15) is 0 Å². The highest BCUT2D eigenvalue weighted by Gasteiger charge is 2.07. The molecule has 2 aromatic carbocycles. The van der Waals surface area contributed by atoms with Crippen LogP contribution in [0.5, 0.6) is 0 Å². The number of benzene rings is 2. The third-order valence-corrected chi connectivity index (χ3v) is 5.14. The molecule has 0 aliphatic heterocycles. The molecule has 0 saturated heterocycles. The van der Waals surface area contributed by atoms with Crippen molar-refractivity contribution in [2.24, 2.45) is 10.1 Å². The molecule has 3 aromatic rings. The largest absolute Gasteiger partial charge is 0.261 e. The summed E-state index contributed by atoms with van der Waals surface area (Å²) in [6.07, 6.45) is 1.90. The number of aromatic nitrogens is 1. The Hall–Kier alpha value is -1.98. The number of rotatable bonds is 3. The van der Waals surface area contributed by atoms with E-state index in [1.54, 1.807) is 18.4 Å². The first-order valence-corrected chi connectivity index (χ1v) is 9.26. The Morgan fingerprint density at radius 3 is 2.67 bits per heavy atom. The van der Waals surface area contributed by atoms with Crippen LogP contribution in [0.2, 0.25) is 0 Å². The molecule has 0 atom stereocenters. The van der Waals surface area contributed by atoms with E-state index >= 15 is 0 Å². The highest BCUT2D eigenvalue weighted by molar-refractivity contribution is 9.10. The first-order valence-electron chi connectivity index (χ1n) is 7.59. The van der Waals surface area contributed by atoms with Gasteiger partial charge in [-0.3, -0.25) is 4.99 Å². The van der Waals surface area contributed by atoms with Crippen LogP contribution < -0.4 is 4.80 Å². The summed E-state index contributed by atoms with van der Waals surface area (Å²) in [4.78, 5) is 5.21. The van der Waals surface area contributed by atoms with Gasteiger partial charge in [0.05, 0.1) is 11.9 Å². The summed E-state index contributed by atoms with van der Waals surface area (Å²) >= 11 is 5.12. The summed E-state index contributed by atoms with van der Waals surface area (Å²) < 4.78 is 2.94. The monoisotopic (exact) mass is 399 g/mol. The van der Waals surface area contributed by atoms with E-state index in [-0.39, 0.29) is 0 Å². The molecule has 0 spiro atoms. The fourth-order valence-electron chi connectivity index (χ4n) is 2.50. The summed E-state index contributed by atoms with van der Waals surface area (Å²) in [5.74, 6) is 0. The van der Waals surface area contributed by atoms with E-state index in [0.717, 1.165) is 26.1 Å². The highest BCUT2D eigenvalue weighted by atomic mass is 79.9. The van der Waals surface area contributed by atoms with Crippen LogP contribution in [-0.2, 0) is 0 Å². The molecule has 5 heteroatoms. The van der Waals surface area contributed by atoms with Gasteiger partial charge in [0.15, 0.2) is 0 Å². The Labute approximate surface area is 154 Å². The van der Waals surface area contributed by atoms with Crippen LogP contribution in [0.25, 0.3) is 11.3 Å². The number of hydrogen-bond donors (Lipinski definition) is 0. The van der Waals surface area contributed by atoms with Crippen molar-refractivity contribution < 1.29 is 0 Å². The summed E-state index contributed by atoms with van der Waals surface area (Å²) in [6, 6.07) is 14.6. The Kier molecular flexibility index (Phi) is 5.11. The van der Waals surface area contributed by atoms with Crippen molar-refractivity contribution in [3.63, 3.8) is 0 Å². The Morgan fingerprint density at radius 2 is 1.96 bits per heavy atom. The molecule has 3 nitrogen and oxygen atoms in total. The van der Waals surface area contributed by atoms with Crippen molar-refractivity contribution in [3.05, 3.63) is 73.8 Å². The van der Waals surface area contributed by atoms with Gasteiger partial charge in [-0.1, -0.05) is 51.8 Å². The minimum absolute atomic E-state index is 0.867. The van der Waals surface area contributed by atoms with E-state index < -0.39 is 0 Å². The van der Waals surface area contributed by atoms with Gasteiger partial charge in [-0.05, 0) is 37.1 Å². The third kappa shape index (κ3) is 3.57. The van der Waals surface area contributed by atoms with Crippen LogP contribution in [0, 0.1) is 13.8 Å². The second-order valence-electron chi connectivity index (χ2n) is 5.55. The predicted octanol–water partition coefficient (Wildman–Crippen LogP) is 5.01. The summed E-state index contributed by atoms with van der Waals surface area (Å²) in [6.45, 7) is 4.20. The van der Waals surface area contributed by atoms with Crippen molar-refractivity contribution in [1.29, 1.82) is 0 Å². The normalized spacial score (nSPS) is 12.2. The second kappa shape index (κ2) is 7.28. The van der Waals surface area contributed by atoms with Crippen molar-refractivity contribution >= 4 is 33.5 Å². The Morgan fingerprint density at radius 1 is 1.12 bits per heavy atom. The molecule has 0 saturated carbocycles. The topological polar surface area (TPSA) is 29.6 Å². The standard InChI is InChI=1S/C19H18BrN3S/c1-13-7-8-16(14(2)9-13)11-22-23-18(12-24-19(23)21-3)15-5-4-6-17(20)10-15/h4-12H,1-3H3/b21-19?,22-11-. The molecular weight excluding hydrogens is 382 g/mol. The highest BCUT2D eigenvalue weighted by Crippen LogP contribution is 2.23. The number of aryl methyl sites for hydroxylation is 2. The second-order valence-corrected chi connectivity index (χ2v) is 7.31. The van der Waals surface area contributed by atoms with Crippen LogP contribution in [-0.4, -0.2) is 17.9 Å². The molecule has 1 heterocycles. The zero-order valence-corrected chi connectivity index (χ0v) is 16.2. The zero-order valence-electron chi connectivity index (χ0n) is 13.8. The van der Waals surface area contributed by atoms with Crippen molar-refractivity contribution in [2.75, 3.05) is 7.05 Å². The summed E-state index contributed by atoms with van der Waals surface area (Å²) in [5.41, 5.74) is 5.72. The molecule has 0 radical (unpaired) electrons. The molecular formula is C19H18BrN3S. The zero-order chi connectivity index (χ0) is 17.1. The first kappa shape index (κ1) is 16.9. The van der Waals surface area contributed by atoms with E-state index in [2.05, 4.69) is 70.5 Å². The quantitative estimate of drug-likeness (QED) is 0.554. The third-order valence-electron chi connectivity index (χ3n) is 3.73. The van der Waals surface area contributed by atoms with Crippen LogP contribution in [0.15, 0.2) is 62.4 Å².